The van der Waals surface area contributed by atoms with Gasteiger partial charge in [-0.1, -0.05) is 6.07 Å². The van der Waals surface area contributed by atoms with Crippen LogP contribution in [0.5, 0.6) is 5.75 Å². The lowest BCUT2D eigenvalue weighted by Gasteiger charge is -2.44. The van der Waals surface area contributed by atoms with Crippen molar-refractivity contribution in [3.63, 3.8) is 0 Å². The normalized spacial score (nSPS) is 18.7. The summed E-state index contributed by atoms with van der Waals surface area (Å²) in [6.07, 6.45) is 1.07. The van der Waals surface area contributed by atoms with Gasteiger partial charge in [0.1, 0.15) is 11.4 Å². The number of carbonyl (C=O) groups excluding carboxylic acids is 1. The number of hydrogen-bond acceptors (Lipinski definition) is 5. The minimum Gasteiger partial charge on any atom is -0.486 e. The van der Waals surface area contributed by atoms with Crippen LogP contribution in [0, 0.1) is 13.8 Å². The van der Waals surface area contributed by atoms with Crippen LogP contribution in [0.25, 0.3) is 0 Å². The number of carbonyl (C=O) groups is 2. The van der Waals surface area contributed by atoms with Crippen LogP contribution in [0.15, 0.2) is 41.3 Å². The highest BCUT2D eigenvalue weighted by Gasteiger charge is 2.45. The van der Waals surface area contributed by atoms with Crippen molar-refractivity contribution in [2.75, 3.05) is 13.1 Å². The van der Waals surface area contributed by atoms with E-state index in [0.29, 0.717) is 24.2 Å². The van der Waals surface area contributed by atoms with Gasteiger partial charge in [0.15, 0.2) is 5.78 Å². The van der Waals surface area contributed by atoms with E-state index in [4.69, 9.17) is 9.84 Å². The van der Waals surface area contributed by atoms with Gasteiger partial charge in [-0.2, -0.15) is 4.31 Å². The molecule has 30 heavy (non-hydrogen) atoms. The Morgan fingerprint density at radius 3 is 2.30 bits per heavy atom. The van der Waals surface area contributed by atoms with Crippen LogP contribution >= 0.6 is 0 Å². The fourth-order valence-corrected chi connectivity index (χ4v) is 5.55. The number of carboxylic acids is 1. The van der Waals surface area contributed by atoms with E-state index in [1.165, 1.54) is 28.6 Å². The predicted octanol–water partition coefficient (Wildman–Crippen LogP) is 3.19. The second-order valence-corrected chi connectivity index (χ2v) is 9.94. The summed E-state index contributed by atoms with van der Waals surface area (Å²) in [5.41, 5.74) is 1.92. The second-order valence-electron chi connectivity index (χ2n) is 8.00. The number of piperidine rings is 1. The van der Waals surface area contributed by atoms with E-state index in [2.05, 4.69) is 0 Å². The molecule has 4 rings (SSSR count). The first-order chi connectivity index (χ1) is 14.1. The molecule has 0 aromatic heterocycles. The summed E-state index contributed by atoms with van der Waals surface area (Å²) >= 11 is 0. The van der Waals surface area contributed by atoms with E-state index in [0.717, 1.165) is 11.1 Å². The number of rotatable bonds is 3. The number of Topliss-reactive ketones (excluding diaryl/α,β-unsaturated/α-hetero) is 1. The molecule has 0 radical (unpaired) electrons. The third kappa shape index (κ3) is 3.40. The first kappa shape index (κ1) is 20.6. The molecule has 0 unspecified atom stereocenters. The summed E-state index contributed by atoms with van der Waals surface area (Å²) in [5.74, 6) is -0.462. The summed E-state index contributed by atoms with van der Waals surface area (Å²) in [7, 11) is -3.75. The van der Waals surface area contributed by atoms with Crippen LogP contribution in [0.1, 0.15) is 51.1 Å². The standard InChI is InChI=1S/C22H23NO6S/c1-14-3-8-18-19(24)13-22(29-20(18)15(14)2)9-11-23(12-10-22)30(27,28)17-6-4-16(5-7-17)21(25)26/h3-8H,9-13H2,1-2H3,(H,25,26). The number of hydrogen-bond donors (Lipinski definition) is 1. The van der Waals surface area contributed by atoms with Crippen molar-refractivity contribution in [1.82, 2.24) is 4.31 Å². The van der Waals surface area contributed by atoms with Crippen LogP contribution < -0.4 is 4.74 Å². The van der Waals surface area contributed by atoms with Gasteiger partial charge in [0.2, 0.25) is 10.0 Å². The Morgan fingerprint density at radius 1 is 1.07 bits per heavy atom. The van der Waals surface area contributed by atoms with Crippen molar-refractivity contribution in [3.8, 4) is 5.75 Å². The first-order valence-electron chi connectivity index (χ1n) is 9.79. The molecule has 0 saturated carbocycles. The molecule has 1 N–H and O–H groups in total. The number of benzene rings is 2. The van der Waals surface area contributed by atoms with E-state index in [1.54, 1.807) is 6.07 Å². The molecule has 158 valence electrons. The van der Waals surface area contributed by atoms with Gasteiger partial charge in [-0.05, 0) is 55.3 Å². The number of ether oxygens (including phenoxy) is 1. The predicted molar refractivity (Wildman–Crippen MR) is 110 cm³/mol. The zero-order valence-electron chi connectivity index (χ0n) is 16.8. The van der Waals surface area contributed by atoms with Crippen molar-refractivity contribution < 1.29 is 27.9 Å². The molecular weight excluding hydrogens is 406 g/mol. The molecule has 1 spiro atoms. The number of aryl methyl sites for hydroxylation is 1. The van der Waals surface area contributed by atoms with E-state index in [-0.39, 0.29) is 35.8 Å². The fourth-order valence-electron chi connectivity index (χ4n) is 4.11. The third-order valence-electron chi connectivity index (χ3n) is 6.15. The van der Waals surface area contributed by atoms with Crippen molar-refractivity contribution in [3.05, 3.63) is 58.7 Å². The molecule has 2 aliphatic heterocycles. The van der Waals surface area contributed by atoms with Crippen LogP contribution in [-0.2, 0) is 10.0 Å². The van der Waals surface area contributed by atoms with Crippen LogP contribution in [-0.4, -0.2) is 48.3 Å². The minimum absolute atomic E-state index is 0.0277. The van der Waals surface area contributed by atoms with Gasteiger partial charge in [0, 0.05) is 25.9 Å². The van der Waals surface area contributed by atoms with E-state index in [1.807, 2.05) is 19.9 Å². The highest BCUT2D eigenvalue weighted by atomic mass is 32.2. The molecule has 2 aromatic rings. The number of carboxylic acid groups (broad SMARTS) is 1. The van der Waals surface area contributed by atoms with Gasteiger partial charge in [-0.3, -0.25) is 4.79 Å². The van der Waals surface area contributed by atoms with E-state index >= 15 is 0 Å². The Labute approximate surface area is 175 Å². The number of aromatic carboxylic acids is 1. The van der Waals surface area contributed by atoms with E-state index in [9.17, 15) is 18.0 Å². The highest BCUT2D eigenvalue weighted by molar-refractivity contribution is 7.89. The zero-order valence-corrected chi connectivity index (χ0v) is 17.7. The molecule has 1 fully saturated rings. The monoisotopic (exact) mass is 429 g/mol. The molecule has 2 aliphatic rings. The van der Waals surface area contributed by atoms with Gasteiger partial charge in [0.05, 0.1) is 22.4 Å². The summed E-state index contributed by atoms with van der Waals surface area (Å²) in [6.45, 7) is 4.36. The molecule has 8 heteroatoms. The maximum absolute atomic E-state index is 13.0. The summed E-state index contributed by atoms with van der Waals surface area (Å²) in [6, 6.07) is 8.90. The zero-order chi connectivity index (χ0) is 21.7. The smallest absolute Gasteiger partial charge is 0.335 e. The quantitative estimate of drug-likeness (QED) is 0.804. The molecule has 7 nitrogen and oxygen atoms in total. The minimum atomic E-state index is -3.75. The lowest BCUT2D eigenvalue weighted by molar-refractivity contribution is 0.00530. The summed E-state index contributed by atoms with van der Waals surface area (Å²) < 4.78 is 33.7. The largest absolute Gasteiger partial charge is 0.486 e. The van der Waals surface area contributed by atoms with Crippen molar-refractivity contribution in [1.29, 1.82) is 0 Å². The number of nitrogens with zero attached hydrogens (tertiary/aromatic N) is 1. The molecule has 0 atom stereocenters. The van der Waals surface area contributed by atoms with Crippen LogP contribution in [0.2, 0.25) is 0 Å². The first-order valence-corrected chi connectivity index (χ1v) is 11.2. The molecule has 0 bridgehead atoms. The summed E-state index contributed by atoms with van der Waals surface area (Å²) in [4.78, 5) is 23.8. The van der Waals surface area contributed by atoms with Crippen molar-refractivity contribution >= 4 is 21.8 Å². The topological polar surface area (TPSA) is 101 Å². The van der Waals surface area contributed by atoms with Gasteiger partial charge in [-0.25, -0.2) is 13.2 Å². The number of fused-ring (bicyclic) bond motifs is 1. The Kier molecular flexibility index (Phi) is 4.94. The maximum Gasteiger partial charge on any atom is 0.335 e. The maximum atomic E-state index is 13.0. The molecule has 2 aromatic carbocycles. The Morgan fingerprint density at radius 2 is 1.70 bits per heavy atom. The van der Waals surface area contributed by atoms with Gasteiger partial charge < -0.3 is 9.84 Å². The molecular formula is C22H23NO6S. The van der Waals surface area contributed by atoms with Crippen molar-refractivity contribution in [2.24, 2.45) is 0 Å². The molecule has 2 heterocycles. The van der Waals surface area contributed by atoms with Gasteiger partial charge in [-0.15, -0.1) is 0 Å². The number of ketones is 1. The lowest BCUT2D eigenvalue weighted by atomic mass is 9.82. The Bertz CT molecular complexity index is 1130. The average molecular weight is 429 g/mol. The summed E-state index contributed by atoms with van der Waals surface area (Å²) in [5, 5.41) is 8.99. The fraction of sp³-hybridized carbons (Fsp3) is 0.364. The molecule has 0 aliphatic carbocycles. The average Bonchev–Trinajstić information content (AvgIpc) is 2.71. The number of sulfonamides is 1. The Balaban J connectivity index is 1.54. The molecule has 0 amide bonds. The van der Waals surface area contributed by atoms with Crippen molar-refractivity contribution in [2.45, 2.75) is 43.6 Å². The molecule has 1 saturated heterocycles. The van der Waals surface area contributed by atoms with Crippen LogP contribution in [0.4, 0.5) is 0 Å². The Hall–Kier alpha value is -2.71. The second kappa shape index (κ2) is 7.21. The SMILES string of the molecule is Cc1ccc2c(c1C)OC1(CCN(S(=O)(=O)c3ccc(C(=O)O)cc3)CC1)CC2=O. The van der Waals surface area contributed by atoms with E-state index < -0.39 is 21.6 Å². The third-order valence-corrected chi connectivity index (χ3v) is 8.06. The highest BCUT2D eigenvalue weighted by Crippen LogP contribution is 2.42. The van der Waals surface area contributed by atoms with Gasteiger partial charge in [0.25, 0.3) is 0 Å². The van der Waals surface area contributed by atoms with Crippen LogP contribution in [0.3, 0.4) is 0 Å². The van der Waals surface area contributed by atoms with Gasteiger partial charge >= 0.3 is 5.97 Å². The lowest BCUT2D eigenvalue weighted by Crippen LogP contribution is -2.52.